The van der Waals surface area contributed by atoms with Gasteiger partial charge in [0.05, 0.1) is 18.1 Å². The highest BCUT2D eigenvalue weighted by atomic mass is 15.4. The molecule has 3 heteroatoms. The molecule has 1 aromatic carbocycles. The van der Waals surface area contributed by atoms with Gasteiger partial charge in [-0.2, -0.15) is 0 Å². The van der Waals surface area contributed by atoms with Crippen LogP contribution >= 0.6 is 0 Å². The van der Waals surface area contributed by atoms with Crippen LogP contribution in [0.1, 0.15) is 11.1 Å². The fraction of sp³-hybridized carbons (Fsp3) is 0.200. The maximum absolute atomic E-state index is 3.94. The van der Waals surface area contributed by atoms with E-state index in [0.717, 1.165) is 5.69 Å². The minimum Gasteiger partial charge on any atom is -0.221 e. The number of aryl methyl sites for hydroxylation is 2. The van der Waals surface area contributed by atoms with Crippen molar-refractivity contribution in [2.24, 2.45) is 0 Å². The van der Waals surface area contributed by atoms with Crippen LogP contribution in [0.25, 0.3) is 5.69 Å². The van der Waals surface area contributed by atoms with Gasteiger partial charge in [-0.3, -0.25) is 0 Å². The van der Waals surface area contributed by atoms with Crippen molar-refractivity contribution in [2.75, 3.05) is 0 Å². The van der Waals surface area contributed by atoms with Crippen LogP contribution in [0.15, 0.2) is 30.6 Å². The quantitative estimate of drug-likeness (QED) is 0.659. The van der Waals surface area contributed by atoms with Gasteiger partial charge < -0.3 is 0 Å². The third kappa shape index (κ3) is 1.59. The molecule has 0 spiro atoms. The summed E-state index contributed by atoms with van der Waals surface area (Å²) >= 11 is 0. The predicted octanol–water partition coefficient (Wildman–Crippen LogP) is 1.88. The first-order chi connectivity index (χ1) is 6.25. The second-order valence-corrected chi connectivity index (χ2v) is 3.19. The molecule has 2 rings (SSSR count). The largest absolute Gasteiger partial charge is 0.221 e. The van der Waals surface area contributed by atoms with Crippen molar-refractivity contribution in [3.05, 3.63) is 41.7 Å². The van der Waals surface area contributed by atoms with Crippen LogP contribution in [0.4, 0.5) is 0 Å². The van der Waals surface area contributed by atoms with Gasteiger partial charge in [-0.25, -0.2) is 4.68 Å². The van der Waals surface area contributed by atoms with Crippen LogP contribution in [0.2, 0.25) is 0 Å². The molecular weight excluding hydrogens is 162 g/mol. The van der Waals surface area contributed by atoms with E-state index in [4.69, 9.17) is 0 Å². The Balaban J connectivity index is 2.53. The molecule has 13 heavy (non-hydrogen) atoms. The Morgan fingerprint density at radius 2 is 1.77 bits per heavy atom. The second-order valence-electron chi connectivity index (χ2n) is 3.19. The molecule has 0 unspecified atom stereocenters. The van der Waals surface area contributed by atoms with Crippen molar-refractivity contribution in [3.8, 4) is 5.69 Å². The summed E-state index contributed by atoms with van der Waals surface area (Å²) in [7, 11) is 0. The lowest BCUT2D eigenvalue weighted by molar-refractivity contribution is 0.801. The summed E-state index contributed by atoms with van der Waals surface area (Å²) in [6.07, 6.45) is 3.52. The van der Waals surface area contributed by atoms with Crippen LogP contribution in [-0.2, 0) is 0 Å². The molecule has 2 aromatic rings. The van der Waals surface area contributed by atoms with Gasteiger partial charge in [0.25, 0.3) is 0 Å². The predicted molar refractivity (Wildman–Crippen MR) is 50.8 cm³/mol. The van der Waals surface area contributed by atoms with Crippen LogP contribution < -0.4 is 0 Å². The molecule has 0 N–H and O–H groups in total. The van der Waals surface area contributed by atoms with Gasteiger partial charge in [-0.05, 0) is 37.1 Å². The number of nitrogens with zero attached hydrogens (tertiary/aromatic N) is 3. The Morgan fingerprint density at radius 1 is 1.08 bits per heavy atom. The third-order valence-corrected chi connectivity index (χ3v) is 1.89. The molecule has 0 aliphatic heterocycles. The minimum absolute atomic E-state index is 1.06. The third-order valence-electron chi connectivity index (χ3n) is 1.89. The maximum atomic E-state index is 3.94. The summed E-state index contributed by atoms with van der Waals surface area (Å²) in [5, 5.41) is 7.71. The van der Waals surface area contributed by atoms with Crippen molar-refractivity contribution in [1.82, 2.24) is 15.0 Å². The average Bonchev–Trinajstić information content (AvgIpc) is 2.53. The number of benzene rings is 1. The molecule has 3 nitrogen and oxygen atoms in total. The van der Waals surface area contributed by atoms with Crippen LogP contribution in [-0.4, -0.2) is 15.0 Å². The lowest BCUT2D eigenvalue weighted by atomic mass is 10.1. The Kier molecular flexibility index (Phi) is 1.85. The molecule has 0 saturated heterocycles. The van der Waals surface area contributed by atoms with E-state index in [1.54, 1.807) is 10.9 Å². The van der Waals surface area contributed by atoms with E-state index in [9.17, 15) is 0 Å². The lowest BCUT2D eigenvalue weighted by Gasteiger charge is -2.03. The highest BCUT2D eigenvalue weighted by molar-refractivity contribution is 5.38. The van der Waals surface area contributed by atoms with Gasteiger partial charge in [-0.1, -0.05) is 11.3 Å². The first kappa shape index (κ1) is 7.98. The van der Waals surface area contributed by atoms with Gasteiger partial charge >= 0.3 is 0 Å². The summed E-state index contributed by atoms with van der Waals surface area (Å²) < 4.78 is 1.76. The Hall–Kier alpha value is -1.64. The topological polar surface area (TPSA) is 30.7 Å². The number of rotatable bonds is 1. The molecule has 0 radical (unpaired) electrons. The average molecular weight is 173 g/mol. The summed E-state index contributed by atoms with van der Waals surface area (Å²) in [5.74, 6) is 0. The van der Waals surface area contributed by atoms with Crippen molar-refractivity contribution in [3.63, 3.8) is 0 Å². The normalized spacial score (nSPS) is 10.3. The lowest BCUT2D eigenvalue weighted by Crippen LogP contribution is -1.96. The van der Waals surface area contributed by atoms with Crippen molar-refractivity contribution >= 4 is 0 Å². The highest BCUT2D eigenvalue weighted by Gasteiger charge is 1.97. The SMILES string of the molecule is Cc1cc(C)cc(-n2ccnn2)c1. The van der Waals surface area contributed by atoms with Gasteiger partial charge in [0.15, 0.2) is 0 Å². The fourth-order valence-electron chi connectivity index (χ4n) is 1.43. The van der Waals surface area contributed by atoms with Gasteiger partial charge in [-0.15, -0.1) is 5.10 Å². The molecular formula is C10H11N3. The van der Waals surface area contributed by atoms with E-state index in [1.165, 1.54) is 11.1 Å². The molecule has 0 atom stereocenters. The van der Waals surface area contributed by atoms with Gasteiger partial charge in [0.2, 0.25) is 0 Å². The fourth-order valence-corrected chi connectivity index (χ4v) is 1.43. The molecule has 0 aliphatic rings. The molecule has 0 amide bonds. The summed E-state index contributed by atoms with van der Waals surface area (Å²) in [5.41, 5.74) is 3.55. The van der Waals surface area contributed by atoms with E-state index in [0.29, 0.717) is 0 Å². The van der Waals surface area contributed by atoms with Crippen molar-refractivity contribution < 1.29 is 0 Å². The summed E-state index contributed by atoms with van der Waals surface area (Å²) in [6, 6.07) is 6.31. The molecule has 0 bridgehead atoms. The van der Waals surface area contributed by atoms with Crippen molar-refractivity contribution in [1.29, 1.82) is 0 Å². The van der Waals surface area contributed by atoms with Crippen molar-refractivity contribution in [2.45, 2.75) is 13.8 Å². The van der Waals surface area contributed by atoms with Crippen LogP contribution in [0, 0.1) is 13.8 Å². The monoisotopic (exact) mass is 173 g/mol. The summed E-state index contributed by atoms with van der Waals surface area (Å²) in [4.78, 5) is 0. The van der Waals surface area contributed by atoms with E-state index < -0.39 is 0 Å². The zero-order chi connectivity index (χ0) is 9.26. The Morgan fingerprint density at radius 3 is 2.31 bits per heavy atom. The molecule has 66 valence electrons. The number of hydrogen-bond donors (Lipinski definition) is 0. The zero-order valence-electron chi connectivity index (χ0n) is 7.73. The first-order valence-electron chi connectivity index (χ1n) is 4.21. The number of aromatic nitrogens is 3. The second kappa shape index (κ2) is 3.01. The van der Waals surface area contributed by atoms with Crippen LogP contribution in [0.5, 0.6) is 0 Å². The first-order valence-corrected chi connectivity index (χ1v) is 4.21. The summed E-state index contributed by atoms with van der Waals surface area (Å²) in [6.45, 7) is 4.15. The minimum atomic E-state index is 1.06. The molecule has 0 aliphatic carbocycles. The smallest absolute Gasteiger partial charge is 0.0697 e. The van der Waals surface area contributed by atoms with Gasteiger partial charge in [0.1, 0.15) is 0 Å². The van der Waals surface area contributed by atoms with Gasteiger partial charge in [0, 0.05) is 0 Å². The maximum Gasteiger partial charge on any atom is 0.0697 e. The zero-order valence-corrected chi connectivity index (χ0v) is 7.73. The molecule has 1 aromatic heterocycles. The van der Waals surface area contributed by atoms with E-state index in [-0.39, 0.29) is 0 Å². The Bertz CT molecular complexity index is 384. The molecule has 0 saturated carbocycles. The molecule has 1 heterocycles. The van der Waals surface area contributed by atoms with E-state index >= 15 is 0 Å². The van der Waals surface area contributed by atoms with Crippen LogP contribution in [0.3, 0.4) is 0 Å². The Labute approximate surface area is 77.0 Å². The number of hydrogen-bond acceptors (Lipinski definition) is 2. The van der Waals surface area contributed by atoms with E-state index in [1.807, 2.05) is 6.20 Å². The standard InChI is InChI=1S/C10H11N3/c1-8-5-9(2)7-10(6-8)13-4-3-11-12-13/h3-7H,1-2H3. The van der Waals surface area contributed by atoms with E-state index in [2.05, 4.69) is 42.4 Å². The highest BCUT2D eigenvalue weighted by Crippen LogP contribution is 2.11. The molecule has 0 fully saturated rings.